The van der Waals surface area contributed by atoms with Crippen LogP contribution in [0.4, 0.5) is 0 Å². The van der Waals surface area contributed by atoms with E-state index in [2.05, 4.69) is 25.9 Å². The smallest absolute Gasteiger partial charge is 0.335 e. The lowest BCUT2D eigenvalue weighted by molar-refractivity contribution is 0.0697. The van der Waals surface area contributed by atoms with E-state index in [1.165, 1.54) is 6.07 Å². The van der Waals surface area contributed by atoms with Crippen molar-refractivity contribution >= 4 is 32.9 Å². The lowest BCUT2D eigenvalue weighted by Gasteiger charge is -2.06. The molecule has 2 aromatic carbocycles. The number of imidazole rings is 1. The van der Waals surface area contributed by atoms with Gasteiger partial charge in [-0.05, 0) is 36.4 Å². The number of H-pyrrole nitrogens is 1. The molecule has 0 saturated carbocycles. The zero-order chi connectivity index (χ0) is 15.0. The van der Waals surface area contributed by atoms with Crippen LogP contribution in [-0.2, 0) is 0 Å². The first-order chi connectivity index (χ1) is 10.1. The molecule has 0 aliphatic rings. The van der Waals surface area contributed by atoms with Crippen LogP contribution in [0.15, 0.2) is 40.9 Å². The highest BCUT2D eigenvalue weighted by Gasteiger charge is 2.12. The molecule has 0 spiro atoms. The molecule has 0 aliphatic carbocycles. The summed E-state index contributed by atoms with van der Waals surface area (Å²) in [5, 5.41) is 9.02. The molecule has 0 unspecified atom stereocenters. The second-order valence-electron chi connectivity index (χ2n) is 4.47. The number of carboxylic acid groups (broad SMARTS) is 1. The van der Waals surface area contributed by atoms with Crippen molar-refractivity contribution in [1.29, 1.82) is 0 Å². The Labute approximate surface area is 128 Å². The molecule has 0 bridgehead atoms. The van der Waals surface area contributed by atoms with Crippen molar-refractivity contribution < 1.29 is 14.6 Å². The van der Waals surface area contributed by atoms with Crippen molar-refractivity contribution in [3.05, 3.63) is 46.4 Å². The van der Waals surface area contributed by atoms with Crippen molar-refractivity contribution in [2.75, 3.05) is 7.11 Å². The van der Waals surface area contributed by atoms with Crippen molar-refractivity contribution in [1.82, 2.24) is 9.97 Å². The second kappa shape index (κ2) is 5.21. The molecule has 3 rings (SSSR count). The number of carbonyl (C=O) groups is 1. The summed E-state index contributed by atoms with van der Waals surface area (Å²) in [6.07, 6.45) is 0. The monoisotopic (exact) mass is 346 g/mol. The number of nitrogens with zero attached hydrogens (tertiary/aromatic N) is 1. The zero-order valence-electron chi connectivity index (χ0n) is 11.1. The molecule has 0 aliphatic heterocycles. The fourth-order valence-corrected chi connectivity index (χ4v) is 2.47. The van der Waals surface area contributed by atoms with Gasteiger partial charge in [0, 0.05) is 4.47 Å². The average molecular weight is 347 g/mol. The molecule has 0 amide bonds. The number of methoxy groups -OCH3 is 1. The highest BCUT2D eigenvalue weighted by Crippen LogP contribution is 2.32. The molecule has 6 heteroatoms. The summed E-state index contributed by atoms with van der Waals surface area (Å²) < 4.78 is 6.26. The molecule has 1 aromatic heterocycles. The first-order valence-corrected chi connectivity index (χ1v) is 6.95. The van der Waals surface area contributed by atoms with Gasteiger partial charge in [-0.2, -0.15) is 0 Å². The topological polar surface area (TPSA) is 75.2 Å². The Kier molecular flexibility index (Phi) is 3.39. The molecule has 0 fully saturated rings. The fourth-order valence-electron chi connectivity index (χ4n) is 2.13. The maximum Gasteiger partial charge on any atom is 0.335 e. The lowest BCUT2D eigenvalue weighted by atomic mass is 10.2. The summed E-state index contributed by atoms with van der Waals surface area (Å²) in [5.74, 6) is 0.355. The van der Waals surface area contributed by atoms with Crippen LogP contribution in [0.3, 0.4) is 0 Å². The molecule has 106 valence electrons. The number of nitrogens with one attached hydrogen (secondary N) is 1. The van der Waals surface area contributed by atoms with E-state index >= 15 is 0 Å². The number of hydrogen-bond acceptors (Lipinski definition) is 3. The normalized spacial score (nSPS) is 10.8. The Balaban J connectivity index is 2.15. The number of halogens is 1. The van der Waals surface area contributed by atoms with Crippen LogP contribution in [-0.4, -0.2) is 28.2 Å². The number of carboxylic acids is 1. The van der Waals surface area contributed by atoms with Crippen molar-refractivity contribution in [3.63, 3.8) is 0 Å². The Morgan fingerprint density at radius 3 is 2.81 bits per heavy atom. The van der Waals surface area contributed by atoms with Crippen LogP contribution in [0.2, 0.25) is 0 Å². The van der Waals surface area contributed by atoms with Crippen LogP contribution in [0.5, 0.6) is 5.75 Å². The molecule has 1 heterocycles. The lowest BCUT2D eigenvalue weighted by Crippen LogP contribution is -1.94. The van der Waals surface area contributed by atoms with Gasteiger partial charge in [-0.25, -0.2) is 9.78 Å². The number of benzene rings is 2. The molecule has 0 saturated heterocycles. The van der Waals surface area contributed by atoms with E-state index in [4.69, 9.17) is 9.84 Å². The third-order valence-corrected chi connectivity index (χ3v) is 3.64. The zero-order valence-corrected chi connectivity index (χ0v) is 12.6. The van der Waals surface area contributed by atoms with E-state index in [0.717, 1.165) is 10.0 Å². The van der Waals surface area contributed by atoms with Gasteiger partial charge in [0.2, 0.25) is 0 Å². The van der Waals surface area contributed by atoms with E-state index < -0.39 is 5.97 Å². The minimum Gasteiger partial charge on any atom is -0.496 e. The summed E-state index contributed by atoms with van der Waals surface area (Å²) in [6.45, 7) is 0. The number of hydrogen-bond donors (Lipinski definition) is 2. The fraction of sp³-hybridized carbons (Fsp3) is 0.0667. The molecule has 2 N–H and O–H groups in total. The van der Waals surface area contributed by atoms with Gasteiger partial charge < -0.3 is 14.8 Å². The van der Waals surface area contributed by atoms with Gasteiger partial charge in [-0.3, -0.25) is 0 Å². The van der Waals surface area contributed by atoms with Gasteiger partial charge in [0.15, 0.2) is 0 Å². The summed E-state index contributed by atoms with van der Waals surface area (Å²) in [6, 6.07) is 10.4. The van der Waals surface area contributed by atoms with E-state index in [-0.39, 0.29) is 5.56 Å². The maximum atomic E-state index is 11.0. The third-order valence-electron chi connectivity index (χ3n) is 3.15. The van der Waals surface area contributed by atoms with Gasteiger partial charge in [0.05, 0.1) is 29.3 Å². The molecule has 0 radical (unpaired) electrons. The predicted molar refractivity (Wildman–Crippen MR) is 82.7 cm³/mol. The minimum atomic E-state index is -0.964. The first kappa shape index (κ1) is 13.6. The number of fused-ring (bicyclic) bond motifs is 1. The maximum absolute atomic E-state index is 11.0. The third kappa shape index (κ3) is 2.50. The van der Waals surface area contributed by atoms with Crippen LogP contribution >= 0.6 is 15.9 Å². The van der Waals surface area contributed by atoms with Gasteiger partial charge in [-0.15, -0.1) is 0 Å². The molecule has 5 nitrogen and oxygen atoms in total. The van der Waals surface area contributed by atoms with Gasteiger partial charge in [0.1, 0.15) is 11.6 Å². The van der Waals surface area contributed by atoms with E-state index in [9.17, 15) is 4.79 Å². The number of rotatable bonds is 3. The Morgan fingerprint density at radius 1 is 1.29 bits per heavy atom. The Hall–Kier alpha value is -2.34. The molecule has 0 atom stereocenters. The van der Waals surface area contributed by atoms with Crippen molar-refractivity contribution in [2.24, 2.45) is 0 Å². The number of aromatic amines is 1. The first-order valence-electron chi connectivity index (χ1n) is 6.15. The largest absolute Gasteiger partial charge is 0.496 e. The summed E-state index contributed by atoms with van der Waals surface area (Å²) in [4.78, 5) is 18.6. The number of aromatic carboxylic acids is 1. The molecule has 21 heavy (non-hydrogen) atoms. The SMILES string of the molecule is COc1cc(Br)ccc1-c1nc2ccc(C(=O)O)cc2[nH]1. The van der Waals surface area contributed by atoms with Gasteiger partial charge in [-0.1, -0.05) is 15.9 Å². The van der Waals surface area contributed by atoms with E-state index in [1.807, 2.05) is 18.2 Å². The Bertz CT molecular complexity index is 842. The average Bonchev–Trinajstić information content (AvgIpc) is 2.89. The second-order valence-corrected chi connectivity index (χ2v) is 5.38. The van der Waals surface area contributed by atoms with Crippen LogP contribution in [0.25, 0.3) is 22.4 Å². The summed E-state index contributed by atoms with van der Waals surface area (Å²) in [7, 11) is 1.59. The number of ether oxygens (including phenoxy) is 1. The van der Waals surface area contributed by atoms with Crippen molar-refractivity contribution in [2.45, 2.75) is 0 Å². The minimum absolute atomic E-state index is 0.223. The van der Waals surface area contributed by atoms with Gasteiger partial charge >= 0.3 is 5.97 Å². The Morgan fingerprint density at radius 2 is 2.10 bits per heavy atom. The van der Waals surface area contributed by atoms with Crippen molar-refractivity contribution in [3.8, 4) is 17.1 Å². The summed E-state index contributed by atoms with van der Waals surface area (Å²) >= 11 is 3.39. The number of aromatic nitrogens is 2. The van der Waals surface area contributed by atoms with E-state index in [1.54, 1.807) is 19.2 Å². The summed E-state index contributed by atoms with van der Waals surface area (Å²) in [5.41, 5.74) is 2.42. The molecule has 3 aromatic rings. The van der Waals surface area contributed by atoms with Crippen LogP contribution in [0, 0.1) is 0 Å². The van der Waals surface area contributed by atoms with Crippen LogP contribution < -0.4 is 4.74 Å². The molecular formula is C15H11BrN2O3. The predicted octanol–water partition coefficient (Wildman–Crippen LogP) is 3.70. The molecular weight excluding hydrogens is 336 g/mol. The van der Waals surface area contributed by atoms with Crippen LogP contribution in [0.1, 0.15) is 10.4 Å². The highest BCUT2D eigenvalue weighted by molar-refractivity contribution is 9.10. The van der Waals surface area contributed by atoms with E-state index in [0.29, 0.717) is 22.6 Å². The quantitative estimate of drug-likeness (QED) is 0.758. The highest BCUT2D eigenvalue weighted by atomic mass is 79.9. The van der Waals surface area contributed by atoms with Gasteiger partial charge in [0.25, 0.3) is 0 Å². The standard InChI is InChI=1S/C15H11BrN2O3/c1-21-13-7-9(16)3-4-10(13)14-17-11-5-2-8(15(19)20)6-12(11)18-14/h2-7H,1H3,(H,17,18)(H,19,20).